The van der Waals surface area contributed by atoms with Gasteiger partial charge in [-0.3, -0.25) is 0 Å². The van der Waals surface area contributed by atoms with E-state index in [2.05, 4.69) is 0 Å². The summed E-state index contributed by atoms with van der Waals surface area (Å²) in [6, 6.07) is 6.17. The van der Waals surface area contributed by atoms with Crippen LogP contribution in [0.2, 0.25) is 0 Å². The highest BCUT2D eigenvalue weighted by Gasteiger charge is 2.24. The van der Waals surface area contributed by atoms with Crippen molar-refractivity contribution >= 4 is 11.9 Å². The van der Waals surface area contributed by atoms with Crippen LogP contribution in [0.1, 0.15) is 34.1 Å². The maximum atomic E-state index is 11.2. The number of aryl methyl sites for hydroxylation is 2. The van der Waals surface area contributed by atoms with Crippen molar-refractivity contribution < 1.29 is 28.9 Å². The molecule has 0 radical (unpaired) electrons. The second-order valence-electron chi connectivity index (χ2n) is 5.02. The molecule has 0 amide bonds. The van der Waals surface area contributed by atoms with Crippen molar-refractivity contribution in [1.29, 1.82) is 0 Å². The number of aromatic nitrogens is 2. The molecule has 0 saturated carbocycles. The predicted molar refractivity (Wildman–Crippen MR) is 77.5 cm³/mol. The summed E-state index contributed by atoms with van der Waals surface area (Å²) in [5.74, 6) is -2.03. The minimum absolute atomic E-state index is 0.164. The van der Waals surface area contributed by atoms with E-state index in [-0.39, 0.29) is 11.1 Å². The van der Waals surface area contributed by atoms with Gasteiger partial charge in [-0.2, -0.15) is 9.13 Å². The van der Waals surface area contributed by atoms with Crippen LogP contribution in [-0.2, 0) is 13.6 Å². The third-order valence-corrected chi connectivity index (χ3v) is 3.41. The molecular formula is C16H18N2O4+2. The quantitative estimate of drug-likeness (QED) is 0.815. The number of carboxylic acid groups (broad SMARTS) is 2. The Balaban J connectivity index is 2.68. The van der Waals surface area contributed by atoms with Crippen molar-refractivity contribution in [2.24, 2.45) is 7.05 Å². The molecule has 6 nitrogen and oxygen atoms in total. The van der Waals surface area contributed by atoms with Gasteiger partial charge in [-0.25, -0.2) is 9.59 Å². The van der Waals surface area contributed by atoms with Crippen molar-refractivity contribution in [1.82, 2.24) is 0 Å². The van der Waals surface area contributed by atoms with Crippen LogP contribution < -0.4 is 9.13 Å². The topological polar surface area (TPSA) is 82.4 Å². The fourth-order valence-corrected chi connectivity index (χ4v) is 2.28. The second-order valence-corrected chi connectivity index (χ2v) is 5.02. The van der Waals surface area contributed by atoms with Crippen molar-refractivity contribution in [3.8, 4) is 11.4 Å². The summed E-state index contributed by atoms with van der Waals surface area (Å²) in [5.41, 5.74) is 1.66. The van der Waals surface area contributed by atoms with E-state index in [1.807, 2.05) is 11.5 Å². The zero-order valence-electron chi connectivity index (χ0n) is 12.5. The summed E-state index contributed by atoms with van der Waals surface area (Å²) >= 11 is 0. The number of rotatable bonds is 5. The largest absolute Gasteiger partial charge is 0.478 e. The van der Waals surface area contributed by atoms with Gasteiger partial charge in [0.15, 0.2) is 12.4 Å². The van der Waals surface area contributed by atoms with Crippen molar-refractivity contribution in [2.45, 2.75) is 19.9 Å². The Morgan fingerprint density at radius 2 is 1.55 bits per heavy atom. The fourth-order valence-electron chi connectivity index (χ4n) is 2.28. The van der Waals surface area contributed by atoms with E-state index in [1.165, 1.54) is 6.07 Å². The summed E-state index contributed by atoms with van der Waals surface area (Å²) in [6.07, 6.45) is 4.25. The van der Waals surface area contributed by atoms with E-state index in [1.54, 1.807) is 42.2 Å². The number of hydrogen-bond acceptors (Lipinski definition) is 2. The van der Waals surface area contributed by atoms with Gasteiger partial charge in [-0.05, 0) is 0 Å². The molecule has 2 heterocycles. The minimum Gasteiger partial charge on any atom is -0.478 e. The Morgan fingerprint density at radius 1 is 1.00 bits per heavy atom. The highest BCUT2D eigenvalue weighted by atomic mass is 16.4. The lowest BCUT2D eigenvalue weighted by atomic mass is 10.1. The first-order valence-corrected chi connectivity index (χ1v) is 6.94. The van der Waals surface area contributed by atoms with E-state index in [0.717, 1.165) is 6.42 Å². The minimum atomic E-state index is -1.02. The Labute approximate surface area is 127 Å². The SMILES string of the molecule is CCC[n+]1ccc(C(=O)O)cc1-c1cc(C(=O)O)cc[n+]1C. The van der Waals surface area contributed by atoms with Gasteiger partial charge in [-0.15, -0.1) is 0 Å². The van der Waals surface area contributed by atoms with E-state index in [0.29, 0.717) is 17.9 Å². The number of pyridine rings is 2. The molecule has 0 fully saturated rings. The van der Waals surface area contributed by atoms with Crippen LogP contribution in [-0.4, -0.2) is 22.2 Å². The first-order chi connectivity index (χ1) is 10.4. The third kappa shape index (κ3) is 3.11. The van der Waals surface area contributed by atoms with Crippen LogP contribution in [0, 0.1) is 0 Å². The van der Waals surface area contributed by atoms with Crippen molar-refractivity contribution in [3.05, 3.63) is 47.8 Å². The number of carboxylic acids is 2. The average Bonchev–Trinajstić information content (AvgIpc) is 2.48. The lowest BCUT2D eigenvalue weighted by Gasteiger charge is -2.04. The van der Waals surface area contributed by atoms with Crippen LogP contribution in [0.3, 0.4) is 0 Å². The van der Waals surface area contributed by atoms with Gasteiger partial charge in [0.05, 0.1) is 11.1 Å². The first-order valence-electron chi connectivity index (χ1n) is 6.94. The van der Waals surface area contributed by atoms with Crippen LogP contribution >= 0.6 is 0 Å². The predicted octanol–water partition coefficient (Wildman–Crippen LogP) is 1.27. The lowest BCUT2D eigenvalue weighted by Crippen LogP contribution is -2.41. The van der Waals surface area contributed by atoms with Gasteiger partial charge in [0.25, 0.3) is 11.4 Å². The van der Waals surface area contributed by atoms with Crippen LogP contribution in [0.5, 0.6) is 0 Å². The maximum absolute atomic E-state index is 11.2. The van der Waals surface area contributed by atoms with Crippen LogP contribution in [0.15, 0.2) is 36.7 Å². The van der Waals surface area contributed by atoms with Crippen LogP contribution in [0.4, 0.5) is 0 Å². The molecule has 0 spiro atoms. The Kier molecular flexibility index (Phi) is 4.50. The normalized spacial score (nSPS) is 10.5. The highest BCUT2D eigenvalue weighted by Crippen LogP contribution is 2.15. The maximum Gasteiger partial charge on any atom is 0.336 e. The van der Waals surface area contributed by atoms with E-state index < -0.39 is 11.9 Å². The molecule has 6 heteroatoms. The molecule has 2 rings (SSSR count). The lowest BCUT2D eigenvalue weighted by molar-refractivity contribution is -0.705. The summed E-state index contributed by atoms with van der Waals surface area (Å²) in [7, 11) is 1.80. The summed E-state index contributed by atoms with van der Waals surface area (Å²) in [6.45, 7) is 2.74. The first kappa shape index (κ1) is 15.6. The molecule has 0 unspecified atom stereocenters. The molecule has 0 aromatic carbocycles. The molecule has 0 aliphatic carbocycles. The zero-order valence-corrected chi connectivity index (χ0v) is 12.5. The number of nitrogens with zero attached hydrogens (tertiary/aromatic N) is 2. The number of hydrogen-bond donors (Lipinski definition) is 2. The Hall–Kier alpha value is -2.76. The molecule has 0 saturated heterocycles. The molecule has 0 aliphatic rings. The molecule has 2 N–H and O–H groups in total. The summed E-state index contributed by atoms with van der Waals surface area (Å²) < 4.78 is 3.70. The molecule has 114 valence electrons. The number of carbonyl (C=O) groups is 2. The number of aromatic carboxylic acids is 2. The van der Waals surface area contributed by atoms with E-state index >= 15 is 0 Å². The van der Waals surface area contributed by atoms with Gasteiger partial charge in [0.1, 0.15) is 13.6 Å². The van der Waals surface area contributed by atoms with Gasteiger partial charge >= 0.3 is 11.9 Å². The average molecular weight is 302 g/mol. The van der Waals surface area contributed by atoms with E-state index in [4.69, 9.17) is 5.11 Å². The molecule has 22 heavy (non-hydrogen) atoms. The van der Waals surface area contributed by atoms with Crippen LogP contribution in [0.25, 0.3) is 11.4 Å². The van der Waals surface area contributed by atoms with Gasteiger partial charge in [0.2, 0.25) is 0 Å². The molecule has 0 bridgehead atoms. The monoisotopic (exact) mass is 302 g/mol. The Bertz CT molecular complexity index is 741. The molecule has 2 aromatic rings. The molecule has 2 aromatic heterocycles. The highest BCUT2D eigenvalue weighted by molar-refractivity contribution is 5.89. The van der Waals surface area contributed by atoms with E-state index in [9.17, 15) is 14.7 Å². The summed E-state index contributed by atoms with van der Waals surface area (Å²) in [5, 5.41) is 18.3. The van der Waals surface area contributed by atoms with Gasteiger partial charge in [-0.1, -0.05) is 6.92 Å². The van der Waals surface area contributed by atoms with Crippen molar-refractivity contribution in [2.75, 3.05) is 0 Å². The summed E-state index contributed by atoms with van der Waals surface area (Å²) in [4.78, 5) is 22.4. The molecular weight excluding hydrogens is 284 g/mol. The molecule has 0 aliphatic heterocycles. The zero-order chi connectivity index (χ0) is 16.3. The fraction of sp³-hybridized carbons (Fsp3) is 0.250. The van der Waals surface area contributed by atoms with Gasteiger partial charge < -0.3 is 10.2 Å². The Morgan fingerprint density at radius 3 is 2.09 bits per heavy atom. The molecule has 0 atom stereocenters. The third-order valence-electron chi connectivity index (χ3n) is 3.41. The second kappa shape index (κ2) is 6.34. The van der Waals surface area contributed by atoms with Crippen molar-refractivity contribution in [3.63, 3.8) is 0 Å². The van der Waals surface area contributed by atoms with Gasteiger partial charge in [0, 0.05) is 30.7 Å². The standard InChI is InChI=1S/C16H16N2O4/c1-3-6-18-8-5-12(16(21)22)10-14(18)13-9-11(15(19)20)4-7-17(13)2/h4-5,7-10H,3,6H2,1-2H3/p+2. The smallest absolute Gasteiger partial charge is 0.336 e.